The smallest absolute Gasteiger partial charge is 0.240 e. The third kappa shape index (κ3) is 4.30. The van der Waals surface area contributed by atoms with Crippen molar-refractivity contribution in [1.82, 2.24) is 14.5 Å². The Balaban J connectivity index is 1.92. The van der Waals surface area contributed by atoms with Crippen LogP contribution >= 0.6 is 11.6 Å². The molecule has 2 rings (SSSR count). The average Bonchev–Trinajstić information content (AvgIpc) is 2.80. The van der Waals surface area contributed by atoms with E-state index < -0.39 is 10.0 Å². The maximum atomic E-state index is 12.2. The molecule has 1 aromatic heterocycles. The standard InChI is InChI=1S/C14H18ClN3O2S/c1-11-4-5-14(12(2)8-11)21(19,20)17-6-3-7-18-10-13(15)9-16-18/h4-5,8-10,17H,3,6-7H2,1-2H3. The van der Waals surface area contributed by atoms with Gasteiger partial charge in [-0.3, -0.25) is 4.68 Å². The van der Waals surface area contributed by atoms with Gasteiger partial charge >= 0.3 is 0 Å². The van der Waals surface area contributed by atoms with Gasteiger partial charge in [0.05, 0.1) is 16.1 Å². The van der Waals surface area contributed by atoms with Gasteiger partial charge in [0.2, 0.25) is 10.0 Å². The van der Waals surface area contributed by atoms with Crippen molar-refractivity contribution in [3.63, 3.8) is 0 Å². The maximum absolute atomic E-state index is 12.2. The molecular weight excluding hydrogens is 310 g/mol. The summed E-state index contributed by atoms with van der Waals surface area (Å²) in [5.74, 6) is 0. The molecule has 0 aliphatic carbocycles. The second-order valence-electron chi connectivity index (χ2n) is 4.94. The fourth-order valence-electron chi connectivity index (χ4n) is 2.09. The van der Waals surface area contributed by atoms with Crippen molar-refractivity contribution in [2.45, 2.75) is 31.7 Å². The van der Waals surface area contributed by atoms with Crippen molar-refractivity contribution in [2.75, 3.05) is 6.54 Å². The van der Waals surface area contributed by atoms with Gasteiger partial charge in [-0.05, 0) is 31.9 Å². The number of rotatable bonds is 6. The van der Waals surface area contributed by atoms with E-state index in [1.54, 1.807) is 36.1 Å². The highest BCUT2D eigenvalue weighted by Crippen LogP contribution is 2.16. The Hall–Kier alpha value is -1.37. The van der Waals surface area contributed by atoms with Crippen LogP contribution in [0.2, 0.25) is 5.02 Å². The highest BCUT2D eigenvalue weighted by atomic mass is 35.5. The molecule has 1 aromatic carbocycles. The molecule has 0 radical (unpaired) electrons. The molecule has 0 bridgehead atoms. The van der Waals surface area contributed by atoms with E-state index in [4.69, 9.17) is 11.6 Å². The third-order valence-electron chi connectivity index (χ3n) is 3.08. The minimum absolute atomic E-state index is 0.329. The van der Waals surface area contributed by atoms with Crippen LogP contribution in [0.15, 0.2) is 35.5 Å². The predicted octanol–water partition coefficient (Wildman–Crippen LogP) is 2.52. The predicted molar refractivity (Wildman–Crippen MR) is 83.0 cm³/mol. The van der Waals surface area contributed by atoms with Crippen LogP contribution in [-0.2, 0) is 16.6 Å². The summed E-state index contributed by atoms with van der Waals surface area (Å²) in [5, 5.41) is 4.61. The number of halogens is 1. The summed E-state index contributed by atoms with van der Waals surface area (Å²) in [6, 6.07) is 5.30. The quantitative estimate of drug-likeness (QED) is 0.829. The summed E-state index contributed by atoms with van der Waals surface area (Å²) in [6.07, 6.45) is 3.91. The van der Waals surface area contributed by atoms with E-state index in [0.29, 0.717) is 29.4 Å². The highest BCUT2D eigenvalue weighted by molar-refractivity contribution is 7.89. The first-order chi connectivity index (χ1) is 9.88. The zero-order valence-electron chi connectivity index (χ0n) is 12.0. The normalized spacial score (nSPS) is 11.8. The van der Waals surface area contributed by atoms with Gasteiger partial charge in [0.1, 0.15) is 0 Å². The van der Waals surface area contributed by atoms with E-state index in [1.165, 1.54) is 0 Å². The molecule has 7 heteroatoms. The first kappa shape index (κ1) is 16.0. The summed E-state index contributed by atoms with van der Waals surface area (Å²) in [5.41, 5.74) is 1.79. The first-order valence-electron chi connectivity index (χ1n) is 6.63. The van der Waals surface area contributed by atoms with Crippen molar-refractivity contribution < 1.29 is 8.42 Å². The Bertz CT molecular complexity index is 726. The number of hydrogen-bond donors (Lipinski definition) is 1. The molecule has 0 spiro atoms. The second-order valence-corrected chi connectivity index (χ2v) is 7.11. The molecule has 1 heterocycles. The number of sulfonamides is 1. The largest absolute Gasteiger partial charge is 0.271 e. The second kappa shape index (κ2) is 6.60. The lowest BCUT2D eigenvalue weighted by Crippen LogP contribution is -2.26. The fourth-order valence-corrected chi connectivity index (χ4v) is 3.54. The number of nitrogens with zero attached hydrogens (tertiary/aromatic N) is 2. The molecule has 0 saturated carbocycles. The van der Waals surface area contributed by atoms with Crippen molar-refractivity contribution in [1.29, 1.82) is 0 Å². The van der Waals surface area contributed by atoms with Crippen molar-refractivity contribution >= 4 is 21.6 Å². The lowest BCUT2D eigenvalue weighted by molar-refractivity contribution is 0.552. The van der Waals surface area contributed by atoms with Crippen LogP contribution in [0.1, 0.15) is 17.5 Å². The zero-order chi connectivity index (χ0) is 15.5. The summed E-state index contributed by atoms with van der Waals surface area (Å²) in [6.45, 7) is 4.70. The fraction of sp³-hybridized carbons (Fsp3) is 0.357. The molecule has 0 unspecified atom stereocenters. The molecule has 0 saturated heterocycles. The summed E-state index contributed by atoms with van der Waals surface area (Å²) in [4.78, 5) is 0.329. The monoisotopic (exact) mass is 327 g/mol. The van der Waals surface area contributed by atoms with Gasteiger partial charge in [0, 0.05) is 19.3 Å². The number of hydrogen-bond acceptors (Lipinski definition) is 3. The van der Waals surface area contributed by atoms with Gasteiger partial charge in [-0.1, -0.05) is 29.3 Å². The zero-order valence-corrected chi connectivity index (χ0v) is 13.6. The van der Waals surface area contributed by atoms with Gasteiger partial charge in [0.15, 0.2) is 0 Å². The van der Waals surface area contributed by atoms with Gasteiger partial charge in [0.25, 0.3) is 0 Å². The van der Waals surface area contributed by atoms with Gasteiger partial charge < -0.3 is 0 Å². The van der Waals surface area contributed by atoms with E-state index in [9.17, 15) is 8.42 Å². The molecule has 0 aliphatic heterocycles. The lowest BCUT2D eigenvalue weighted by Gasteiger charge is -2.10. The molecule has 114 valence electrons. The topological polar surface area (TPSA) is 64.0 Å². The van der Waals surface area contributed by atoms with Crippen LogP contribution < -0.4 is 4.72 Å². The Morgan fingerprint density at radius 1 is 1.33 bits per heavy atom. The Morgan fingerprint density at radius 3 is 2.71 bits per heavy atom. The van der Waals surface area contributed by atoms with Crippen LogP contribution in [0, 0.1) is 13.8 Å². The number of benzene rings is 1. The molecule has 0 amide bonds. The van der Waals surface area contributed by atoms with Gasteiger partial charge in [-0.25, -0.2) is 13.1 Å². The van der Waals surface area contributed by atoms with Crippen molar-refractivity contribution in [3.05, 3.63) is 46.7 Å². The minimum Gasteiger partial charge on any atom is -0.271 e. The summed E-state index contributed by atoms with van der Waals surface area (Å²) >= 11 is 5.76. The van der Waals surface area contributed by atoms with E-state index in [-0.39, 0.29) is 0 Å². The van der Waals surface area contributed by atoms with Crippen molar-refractivity contribution in [3.8, 4) is 0 Å². The summed E-state index contributed by atoms with van der Waals surface area (Å²) in [7, 11) is -3.46. The SMILES string of the molecule is Cc1ccc(S(=O)(=O)NCCCn2cc(Cl)cn2)c(C)c1. The highest BCUT2D eigenvalue weighted by Gasteiger charge is 2.15. The van der Waals surface area contributed by atoms with E-state index >= 15 is 0 Å². The molecule has 21 heavy (non-hydrogen) atoms. The Kier molecular flexibility index (Phi) is 5.03. The van der Waals surface area contributed by atoms with E-state index in [0.717, 1.165) is 11.1 Å². The first-order valence-corrected chi connectivity index (χ1v) is 8.49. The van der Waals surface area contributed by atoms with Crippen molar-refractivity contribution in [2.24, 2.45) is 0 Å². The Labute approximate surface area is 130 Å². The minimum atomic E-state index is -3.46. The molecule has 2 aromatic rings. The molecule has 0 atom stereocenters. The number of aryl methyl sites for hydroxylation is 3. The maximum Gasteiger partial charge on any atom is 0.240 e. The Morgan fingerprint density at radius 2 is 2.10 bits per heavy atom. The van der Waals surface area contributed by atoms with Crippen LogP contribution in [0.25, 0.3) is 0 Å². The molecule has 0 fully saturated rings. The van der Waals surface area contributed by atoms with Crippen LogP contribution in [0.4, 0.5) is 0 Å². The van der Waals surface area contributed by atoms with Crippen LogP contribution in [0.3, 0.4) is 0 Å². The molecule has 0 aliphatic rings. The number of aromatic nitrogens is 2. The molecule has 1 N–H and O–H groups in total. The van der Waals surface area contributed by atoms with E-state index in [1.807, 2.05) is 13.0 Å². The molecular formula is C14H18ClN3O2S. The number of nitrogens with one attached hydrogen (secondary N) is 1. The van der Waals surface area contributed by atoms with E-state index in [2.05, 4.69) is 9.82 Å². The van der Waals surface area contributed by atoms with Crippen LogP contribution in [0.5, 0.6) is 0 Å². The average molecular weight is 328 g/mol. The lowest BCUT2D eigenvalue weighted by atomic mass is 10.2. The van der Waals surface area contributed by atoms with Gasteiger partial charge in [-0.15, -0.1) is 0 Å². The molecule has 5 nitrogen and oxygen atoms in total. The van der Waals surface area contributed by atoms with Gasteiger partial charge in [-0.2, -0.15) is 5.10 Å². The summed E-state index contributed by atoms with van der Waals surface area (Å²) < 4.78 is 28.7. The van der Waals surface area contributed by atoms with Crippen LogP contribution in [-0.4, -0.2) is 24.7 Å². The third-order valence-corrected chi connectivity index (χ3v) is 4.89.